The number of para-hydroxylation sites is 2. The monoisotopic (exact) mass is 304 g/mol. The van der Waals surface area contributed by atoms with Crippen molar-refractivity contribution in [2.45, 2.75) is 13.8 Å². The van der Waals surface area contributed by atoms with E-state index < -0.39 is 0 Å². The summed E-state index contributed by atoms with van der Waals surface area (Å²) in [6.07, 6.45) is 0. The Bertz CT molecular complexity index is 483. The molecule has 0 radical (unpaired) electrons. The normalized spacial score (nSPS) is 17.3. The molecule has 1 aliphatic heterocycles. The lowest BCUT2D eigenvalue weighted by atomic mass is 10.1. The molecule has 122 valence electrons. The Morgan fingerprint density at radius 2 is 1.91 bits per heavy atom. The highest BCUT2D eigenvalue weighted by Gasteiger charge is 2.19. The quantitative estimate of drug-likeness (QED) is 0.838. The van der Waals surface area contributed by atoms with E-state index in [0.717, 1.165) is 44.1 Å². The Morgan fingerprint density at radius 3 is 2.55 bits per heavy atom. The lowest BCUT2D eigenvalue weighted by Crippen LogP contribution is -2.46. The van der Waals surface area contributed by atoms with Crippen LogP contribution in [0.4, 0.5) is 11.4 Å². The number of amides is 1. The summed E-state index contributed by atoms with van der Waals surface area (Å²) in [6.45, 7) is 10.1. The van der Waals surface area contributed by atoms with E-state index in [1.165, 1.54) is 0 Å². The molecule has 22 heavy (non-hydrogen) atoms. The zero-order valence-electron chi connectivity index (χ0n) is 13.9. The average Bonchev–Trinajstić information content (AvgIpc) is 2.55. The number of benzene rings is 1. The molecule has 1 atom stereocenters. The molecule has 1 aliphatic rings. The summed E-state index contributed by atoms with van der Waals surface area (Å²) < 4.78 is 0. The van der Waals surface area contributed by atoms with Gasteiger partial charge in [-0.3, -0.25) is 4.79 Å². The summed E-state index contributed by atoms with van der Waals surface area (Å²) in [7, 11) is 1.87. The molecule has 1 aromatic rings. The molecule has 0 bridgehead atoms. The van der Waals surface area contributed by atoms with E-state index in [1.54, 1.807) is 0 Å². The molecule has 1 unspecified atom stereocenters. The SMILES string of the molecule is CCN1CCN(c2ccccc2NC(=O)C(C)CNC)CC1. The van der Waals surface area contributed by atoms with E-state index in [2.05, 4.69) is 33.4 Å². The number of carbonyl (C=O) groups is 1. The van der Waals surface area contributed by atoms with Crippen LogP contribution in [0.25, 0.3) is 0 Å². The van der Waals surface area contributed by atoms with Crippen LogP contribution >= 0.6 is 0 Å². The Labute approximate surface area is 133 Å². The summed E-state index contributed by atoms with van der Waals surface area (Å²) >= 11 is 0. The highest BCUT2D eigenvalue weighted by atomic mass is 16.1. The minimum absolute atomic E-state index is 0.0463. The number of likely N-dealkylation sites (N-methyl/N-ethyl adjacent to an activating group) is 1. The van der Waals surface area contributed by atoms with E-state index in [-0.39, 0.29) is 11.8 Å². The van der Waals surface area contributed by atoms with Gasteiger partial charge in [0.05, 0.1) is 11.4 Å². The van der Waals surface area contributed by atoms with Gasteiger partial charge in [0, 0.05) is 38.6 Å². The molecule has 0 aliphatic carbocycles. The molecule has 0 saturated carbocycles. The molecule has 1 saturated heterocycles. The second-order valence-electron chi connectivity index (χ2n) is 5.89. The number of rotatable bonds is 6. The van der Waals surface area contributed by atoms with Crippen molar-refractivity contribution in [1.29, 1.82) is 0 Å². The predicted octanol–water partition coefficient (Wildman–Crippen LogP) is 1.62. The largest absolute Gasteiger partial charge is 0.367 e. The van der Waals surface area contributed by atoms with Crippen molar-refractivity contribution >= 4 is 17.3 Å². The summed E-state index contributed by atoms with van der Waals surface area (Å²) in [5, 5.41) is 6.13. The van der Waals surface area contributed by atoms with Gasteiger partial charge in [0.15, 0.2) is 0 Å². The fourth-order valence-electron chi connectivity index (χ4n) is 2.81. The number of nitrogens with zero attached hydrogens (tertiary/aromatic N) is 2. The van der Waals surface area contributed by atoms with Gasteiger partial charge in [-0.15, -0.1) is 0 Å². The predicted molar refractivity (Wildman–Crippen MR) is 92.5 cm³/mol. The van der Waals surface area contributed by atoms with Crippen LogP contribution in [-0.2, 0) is 4.79 Å². The van der Waals surface area contributed by atoms with Crippen LogP contribution in [0.2, 0.25) is 0 Å². The zero-order valence-corrected chi connectivity index (χ0v) is 13.9. The molecule has 0 spiro atoms. The van der Waals surface area contributed by atoms with Crippen molar-refractivity contribution in [2.75, 3.05) is 56.5 Å². The van der Waals surface area contributed by atoms with Crippen LogP contribution in [-0.4, -0.2) is 57.1 Å². The average molecular weight is 304 g/mol. The number of hydrogen-bond acceptors (Lipinski definition) is 4. The van der Waals surface area contributed by atoms with Crippen LogP contribution in [0.5, 0.6) is 0 Å². The second-order valence-corrected chi connectivity index (χ2v) is 5.89. The summed E-state index contributed by atoms with van der Waals surface area (Å²) in [5.41, 5.74) is 2.05. The summed E-state index contributed by atoms with van der Waals surface area (Å²) in [4.78, 5) is 17.1. The molecule has 5 nitrogen and oxygen atoms in total. The van der Waals surface area contributed by atoms with E-state index >= 15 is 0 Å². The van der Waals surface area contributed by atoms with E-state index in [0.29, 0.717) is 6.54 Å². The maximum Gasteiger partial charge on any atom is 0.228 e. The molecule has 2 N–H and O–H groups in total. The Hall–Kier alpha value is -1.59. The van der Waals surface area contributed by atoms with E-state index in [9.17, 15) is 4.79 Å². The summed E-state index contributed by atoms with van der Waals surface area (Å²) in [5.74, 6) is 0.0176. The molecule has 5 heteroatoms. The van der Waals surface area contributed by atoms with E-state index in [4.69, 9.17) is 0 Å². The fraction of sp³-hybridized carbons (Fsp3) is 0.588. The molecular weight excluding hydrogens is 276 g/mol. The topological polar surface area (TPSA) is 47.6 Å². The first kappa shape index (κ1) is 16.8. The smallest absolute Gasteiger partial charge is 0.228 e. The number of hydrogen-bond donors (Lipinski definition) is 2. The van der Waals surface area contributed by atoms with Crippen LogP contribution in [0.3, 0.4) is 0 Å². The van der Waals surface area contributed by atoms with Crippen molar-refractivity contribution in [3.05, 3.63) is 24.3 Å². The number of piperazine rings is 1. The molecule has 0 aromatic heterocycles. The Kier molecular flexibility index (Phi) is 6.21. The van der Waals surface area contributed by atoms with Crippen LogP contribution in [0, 0.1) is 5.92 Å². The van der Waals surface area contributed by atoms with E-state index in [1.807, 2.05) is 32.2 Å². The zero-order chi connectivity index (χ0) is 15.9. The maximum absolute atomic E-state index is 12.3. The first-order valence-corrected chi connectivity index (χ1v) is 8.17. The van der Waals surface area contributed by atoms with Crippen molar-refractivity contribution in [3.8, 4) is 0 Å². The fourth-order valence-corrected chi connectivity index (χ4v) is 2.81. The van der Waals surface area contributed by atoms with Gasteiger partial charge in [0.25, 0.3) is 0 Å². The molecule has 2 rings (SSSR count). The maximum atomic E-state index is 12.3. The molecule has 1 fully saturated rings. The highest BCUT2D eigenvalue weighted by molar-refractivity contribution is 5.95. The van der Waals surface area contributed by atoms with Gasteiger partial charge in [-0.1, -0.05) is 26.0 Å². The lowest BCUT2D eigenvalue weighted by Gasteiger charge is -2.36. The van der Waals surface area contributed by atoms with Gasteiger partial charge in [-0.2, -0.15) is 0 Å². The third-order valence-corrected chi connectivity index (χ3v) is 4.28. The van der Waals surface area contributed by atoms with Gasteiger partial charge in [-0.25, -0.2) is 0 Å². The number of carbonyl (C=O) groups excluding carboxylic acids is 1. The third-order valence-electron chi connectivity index (χ3n) is 4.28. The summed E-state index contributed by atoms with van der Waals surface area (Å²) in [6, 6.07) is 8.10. The highest BCUT2D eigenvalue weighted by Crippen LogP contribution is 2.27. The molecular formula is C17H28N4O. The van der Waals surface area contributed by atoms with Gasteiger partial charge in [-0.05, 0) is 25.7 Å². The minimum Gasteiger partial charge on any atom is -0.367 e. The van der Waals surface area contributed by atoms with Crippen molar-refractivity contribution in [1.82, 2.24) is 10.2 Å². The van der Waals surface area contributed by atoms with Crippen LogP contribution in [0.15, 0.2) is 24.3 Å². The number of anilines is 2. The van der Waals surface area contributed by atoms with Crippen molar-refractivity contribution in [3.63, 3.8) is 0 Å². The Balaban J connectivity index is 2.05. The van der Waals surface area contributed by atoms with Gasteiger partial charge in [0.2, 0.25) is 5.91 Å². The first-order chi connectivity index (χ1) is 10.7. The molecule has 1 heterocycles. The van der Waals surface area contributed by atoms with Crippen LogP contribution < -0.4 is 15.5 Å². The van der Waals surface area contributed by atoms with Crippen LogP contribution in [0.1, 0.15) is 13.8 Å². The van der Waals surface area contributed by atoms with Gasteiger partial charge >= 0.3 is 0 Å². The second kappa shape index (κ2) is 8.15. The van der Waals surface area contributed by atoms with Crippen molar-refractivity contribution < 1.29 is 4.79 Å². The molecule has 1 amide bonds. The van der Waals surface area contributed by atoms with Gasteiger partial charge < -0.3 is 20.4 Å². The van der Waals surface area contributed by atoms with Crippen molar-refractivity contribution in [2.24, 2.45) is 5.92 Å². The van der Waals surface area contributed by atoms with Gasteiger partial charge in [0.1, 0.15) is 0 Å². The standard InChI is InChI=1S/C17H28N4O/c1-4-20-9-11-21(12-10-20)16-8-6-5-7-15(16)19-17(22)14(2)13-18-3/h5-8,14,18H,4,9-13H2,1-3H3,(H,19,22). The lowest BCUT2D eigenvalue weighted by molar-refractivity contribution is -0.119. The Morgan fingerprint density at radius 1 is 1.23 bits per heavy atom. The minimum atomic E-state index is -0.0463. The number of nitrogens with one attached hydrogen (secondary N) is 2. The first-order valence-electron chi connectivity index (χ1n) is 8.17. The molecule has 1 aromatic carbocycles. The third kappa shape index (κ3) is 4.21.